The number of piperidine rings is 1. The van der Waals surface area contributed by atoms with Crippen LogP contribution < -0.4 is 0 Å². The Bertz CT molecular complexity index is 422. The first kappa shape index (κ1) is 13.1. The van der Waals surface area contributed by atoms with Gasteiger partial charge in [0.2, 0.25) is 0 Å². The van der Waals surface area contributed by atoms with Gasteiger partial charge in [-0.3, -0.25) is 4.90 Å². The summed E-state index contributed by atoms with van der Waals surface area (Å²) in [6.07, 6.45) is 5.71. The molecule has 1 saturated carbocycles. The molecule has 2 atom stereocenters. The van der Waals surface area contributed by atoms with Crippen LogP contribution in [-0.4, -0.2) is 28.7 Å². The van der Waals surface area contributed by atoms with Gasteiger partial charge < -0.3 is 5.11 Å². The third-order valence-electron chi connectivity index (χ3n) is 4.52. The number of fused-ring (bicyclic) bond motifs is 1. The Morgan fingerprint density at radius 2 is 2.28 bits per heavy atom. The Balaban J connectivity index is 1.63. The second kappa shape index (κ2) is 5.23. The summed E-state index contributed by atoms with van der Waals surface area (Å²) in [6, 6.07) is 4.33. The largest absolute Gasteiger partial charge is 0.390 e. The van der Waals surface area contributed by atoms with Gasteiger partial charge in [0.1, 0.15) is 0 Å². The molecule has 0 amide bonds. The van der Waals surface area contributed by atoms with Crippen LogP contribution in [0, 0.1) is 5.92 Å². The van der Waals surface area contributed by atoms with Gasteiger partial charge in [-0.15, -0.1) is 11.3 Å². The first-order valence-corrected chi connectivity index (χ1v) is 8.46. The molecule has 18 heavy (non-hydrogen) atoms. The highest BCUT2D eigenvalue weighted by atomic mass is 79.9. The zero-order valence-electron chi connectivity index (χ0n) is 10.6. The Labute approximate surface area is 121 Å². The molecule has 0 aromatic carbocycles. The van der Waals surface area contributed by atoms with Crippen molar-refractivity contribution in [2.24, 2.45) is 5.92 Å². The van der Waals surface area contributed by atoms with Crippen molar-refractivity contribution in [2.45, 2.75) is 44.2 Å². The van der Waals surface area contributed by atoms with Crippen molar-refractivity contribution in [3.05, 3.63) is 20.8 Å². The van der Waals surface area contributed by atoms with E-state index in [1.165, 1.54) is 27.9 Å². The molecule has 1 N–H and O–H groups in total. The molecule has 2 fully saturated rings. The molecule has 1 aromatic heterocycles. The standard InChI is InChI=1S/C14H20BrNOS/c15-13-5-4-12(18-13)10-16-8-7-14(17)6-2-1-3-11(14)9-16/h4-5,11,17H,1-3,6-10H2. The molecule has 3 rings (SSSR count). The number of halogens is 1. The van der Waals surface area contributed by atoms with Crippen LogP contribution >= 0.6 is 27.3 Å². The summed E-state index contributed by atoms with van der Waals surface area (Å²) < 4.78 is 1.21. The average molecular weight is 330 g/mol. The highest BCUT2D eigenvalue weighted by Gasteiger charge is 2.42. The van der Waals surface area contributed by atoms with Crippen molar-refractivity contribution in [2.75, 3.05) is 13.1 Å². The lowest BCUT2D eigenvalue weighted by molar-refractivity contribution is -0.0966. The lowest BCUT2D eigenvalue weighted by Crippen LogP contribution is -2.52. The van der Waals surface area contributed by atoms with Crippen LogP contribution in [0.5, 0.6) is 0 Å². The molecule has 2 heterocycles. The zero-order valence-corrected chi connectivity index (χ0v) is 13.0. The Hall–Kier alpha value is 0.1000. The topological polar surface area (TPSA) is 23.5 Å². The van der Waals surface area contributed by atoms with Crippen LogP contribution in [0.2, 0.25) is 0 Å². The van der Waals surface area contributed by atoms with Crippen LogP contribution in [0.3, 0.4) is 0 Å². The fraction of sp³-hybridized carbons (Fsp3) is 0.714. The molecule has 2 unspecified atom stereocenters. The third-order valence-corrected chi connectivity index (χ3v) is 6.13. The summed E-state index contributed by atoms with van der Waals surface area (Å²) >= 11 is 5.34. The van der Waals surface area contributed by atoms with Gasteiger partial charge in [0, 0.05) is 30.4 Å². The van der Waals surface area contributed by atoms with Gasteiger partial charge in [-0.25, -0.2) is 0 Å². The molecular formula is C14H20BrNOS. The fourth-order valence-electron chi connectivity index (χ4n) is 3.44. The molecule has 0 radical (unpaired) electrons. The lowest BCUT2D eigenvalue weighted by Gasteiger charge is -2.47. The van der Waals surface area contributed by atoms with Crippen molar-refractivity contribution < 1.29 is 5.11 Å². The Kier molecular flexibility index (Phi) is 3.81. The van der Waals surface area contributed by atoms with E-state index in [0.717, 1.165) is 32.5 Å². The van der Waals surface area contributed by atoms with Crippen molar-refractivity contribution in [3.8, 4) is 0 Å². The van der Waals surface area contributed by atoms with E-state index in [1.54, 1.807) is 0 Å². The van der Waals surface area contributed by atoms with Crippen LogP contribution in [0.4, 0.5) is 0 Å². The number of rotatable bonds is 2. The van der Waals surface area contributed by atoms with Gasteiger partial charge in [0.05, 0.1) is 9.39 Å². The molecular weight excluding hydrogens is 310 g/mol. The molecule has 100 valence electrons. The molecule has 2 aliphatic rings. The molecule has 1 aliphatic heterocycles. The van der Waals surface area contributed by atoms with Gasteiger partial charge in [-0.1, -0.05) is 12.8 Å². The number of likely N-dealkylation sites (tertiary alicyclic amines) is 1. The number of aliphatic hydroxyl groups is 1. The van der Waals surface area contributed by atoms with E-state index in [2.05, 4.69) is 33.0 Å². The van der Waals surface area contributed by atoms with Gasteiger partial charge in [0.25, 0.3) is 0 Å². The summed E-state index contributed by atoms with van der Waals surface area (Å²) in [5, 5.41) is 10.6. The Morgan fingerprint density at radius 3 is 3.06 bits per heavy atom. The van der Waals surface area contributed by atoms with E-state index in [0.29, 0.717) is 5.92 Å². The van der Waals surface area contributed by atoms with Gasteiger partial charge >= 0.3 is 0 Å². The van der Waals surface area contributed by atoms with E-state index in [4.69, 9.17) is 0 Å². The van der Waals surface area contributed by atoms with Crippen molar-refractivity contribution in [1.29, 1.82) is 0 Å². The normalized spacial score (nSPS) is 33.3. The number of hydrogen-bond acceptors (Lipinski definition) is 3. The van der Waals surface area contributed by atoms with Crippen LogP contribution in [-0.2, 0) is 6.54 Å². The van der Waals surface area contributed by atoms with E-state index in [-0.39, 0.29) is 5.60 Å². The lowest BCUT2D eigenvalue weighted by atomic mass is 9.71. The summed E-state index contributed by atoms with van der Waals surface area (Å²) in [4.78, 5) is 3.94. The molecule has 0 bridgehead atoms. The smallest absolute Gasteiger partial charge is 0.0701 e. The summed E-state index contributed by atoms with van der Waals surface area (Å²) in [5.41, 5.74) is -0.342. The molecule has 1 aromatic rings. The predicted molar refractivity (Wildman–Crippen MR) is 78.8 cm³/mol. The van der Waals surface area contributed by atoms with Crippen molar-refractivity contribution in [1.82, 2.24) is 4.90 Å². The number of thiophene rings is 1. The maximum absolute atomic E-state index is 10.6. The van der Waals surface area contributed by atoms with E-state index in [9.17, 15) is 5.11 Å². The van der Waals surface area contributed by atoms with Crippen LogP contribution in [0.15, 0.2) is 15.9 Å². The first-order chi connectivity index (χ1) is 8.66. The minimum absolute atomic E-state index is 0.342. The average Bonchev–Trinajstić information content (AvgIpc) is 2.75. The predicted octanol–water partition coefficient (Wildman–Crippen LogP) is 3.64. The van der Waals surface area contributed by atoms with Gasteiger partial charge in [0.15, 0.2) is 0 Å². The molecule has 1 saturated heterocycles. The SMILES string of the molecule is OC12CCCCC1CN(Cc1ccc(Br)s1)CC2. The van der Waals surface area contributed by atoms with E-state index < -0.39 is 0 Å². The third kappa shape index (κ3) is 2.67. The van der Waals surface area contributed by atoms with Gasteiger partial charge in [-0.2, -0.15) is 0 Å². The quantitative estimate of drug-likeness (QED) is 0.895. The molecule has 2 nitrogen and oxygen atoms in total. The highest BCUT2D eigenvalue weighted by Crippen LogP contribution is 2.40. The maximum atomic E-state index is 10.6. The summed E-state index contributed by atoms with van der Waals surface area (Å²) in [5.74, 6) is 0.503. The van der Waals surface area contributed by atoms with Crippen LogP contribution in [0.25, 0.3) is 0 Å². The maximum Gasteiger partial charge on any atom is 0.0701 e. The minimum Gasteiger partial charge on any atom is -0.390 e. The molecule has 4 heteroatoms. The molecule has 1 aliphatic carbocycles. The number of hydrogen-bond donors (Lipinski definition) is 1. The van der Waals surface area contributed by atoms with Crippen molar-refractivity contribution >= 4 is 27.3 Å². The Morgan fingerprint density at radius 1 is 1.39 bits per heavy atom. The first-order valence-electron chi connectivity index (χ1n) is 6.85. The second-order valence-corrected chi connectivity index (χ2v) is 8.28. The van der Waals surface area contributed by atoms with Gasteiger partial charge in [-0.05, 0) is 47.3 Å². The number of nitrogens with zero attached hydrogens (tertiary/aromatic N) is 1. The zero-order chi connectivity index (χ0) is 12.6. The fourth-order valence-corrected chi connectivity index (χ4v) is 4.97. The van der Waals surface area contributed by atoms with Crippen LogP contribution in [0.1, 0.15) is 37.0 Å². The summed E-state index contributed by atoms with van der Waals surface area (Å²) in [7, 11) is 0. The van der Waals surface area contributed by atoms with Crippen molar-refractivity contribution in [3.63, 3.8) is 0 Å². The van der Waals surface area contributed by atoms with E-state index >= 15 is 0 Å². The second-order valence-electron chi connectivity index (χ2n) is 5.74. The van der Waals surface area contributed by atoms with E-state index in [1.807, 2.05) is 11.3 Å². The summed E-state index contributed by atoms with van der Waals surface area (Å²) in [6.45, 7) is 3.16. The minimum atomic E-state index is -0.342. The monoisotopic (exact) mass is 329 g/mol. The molecule has 0 spiro atoms. The highest BCUT2D eigenvalue weighted by molar-refractivity contribution is 9.11.